The van der Waals surface area contributed by atoms with Crippen LogP contribution in [0, 0.1) is 0 Å². The second-order valence-corrected chi connectivity index (χ2v) is 5.22. The number of aliphatic hydroxyl groups excluding tert-OH is 1. The van der Waals surface area contributed by atoms with Crippen LogP contribution in [0.25, 0.3) is 0 Å². The van der Waals surface area contributed by atoms with Crippen LogP contribution >= 0.6 is 11.6 Å². The van der Waals surface area contributed by atoms with Crippen LogP contribution in [0.4, 0.5) is 5.69 Å². The fourth-order valence-electron chi connectivity index (χ4n) is 2.36. The molecule has 1 aromatic heterocycles. The summed E-state index contributed by atoms with van der Waals surface area (Å²) in [6.45, 7) is 1.98. The number of aryl methyl sites for hydroxylation is 1. The number of rotatable bonds is 3. The summed E-state index contributed by atoms with van der Waals surface area (Å²) in [6.07, 6.45) is 0.150. The minimum atomic E-state index is -0.927. The highest BCUT2D eigenvalue weighted by Gasteiger charge is 2.24. The van der Waals surface area contributed by atoms with Crippen LogP contribution in [0.1, 0.15) is 35.7 Å². The van der Waals surface area contributed by atoms with E-state index in [1.807, 2.05) is 13.0 Å². The van der Waals surface area contributed by atoms with Gasteiger partial charge in [-0.15, -0.1) is 0 Å². The molecular formula is C15H14ClNO3. The molecule has 0 saturated carbocycles. The Hall–Kier alpha value is -1.78. The Kier molecular flexibility index (Phi) is 3.28. The molecule has 1 aliphatic heterocycles. The van der Waals surface area contributed by atoms with E-state index >= 15 is 0 Å². The Labute approximate surface area is 121 Å². The maximum atomic E-state index is 11.4. The maximum absolute atomic E-state index is 11.4. The van der Waals surface area contributed by atoms with Gasteiger partial charge in [-0.05, 0) is 29.8 Å². The van der Waals surface area contributed by atoms with Gasteiger partial charge in [0.1, 0.15) is 17.6 Å². The van der Waals surface area contributed by atoms with Crippen LogP contribution in [-0.2, 0) is 17.6 Å². The lowest BCUT2D eigenvalue weighted by Crippen LogP contribution is -2.03. The van der Waals surface area contributed by atoms with Gasteiger partial charge in [0.25, 0.3) is 0 Å². The second-order valence-electron chi connectivity index (χ2n) is 4.82. The van der Waals surface area contributed by atoms with Gasteiger partial charge in [-0.25, -0.2) is 0 Å². The Morgan fingerprint density at radius 2 is 2.25 bits per heavy atom. The van der Waals surface area contributed by atoms with E-state index in [1.54, 1.807) is 18.2 Å². The highest BCUT2D eigenvalue weighted by Crippen LogP contribution is 2.35. The number of benzene rings is 1. The topological polar surface area (TPSA) is 62.5 Å². The lowest BCUT2D eigenvalue weighted by molar-refractivity contribution is -0.115. The molecule has 2 heterocycles. The molecule has 0 radical (unpaired) electrons. The van der Waals surface area contributed by atoms with Crippen LogP contribution < -0.4 is 5.32 Å². The third kappa shape index (κ3) is 2.21. The molecule has 0 bridgehead atoms. The number of hydrogen-bond acceptors (Lipinski definition) is 3. The first-order valence-corrected chi connectivity index (χ1v) is 6.85. The number of carbonyl (C=O) groups is 1. The van der Waals surface area contributed by atoms with Crippen molar-refractivity contribution in [1.82, 2.24) is 0 Å². The van der Waals surface area contributed by atoms with Gasteiger partial charge >= 0.3 is 0 Å². The van der Waals surface area contributed by atoms with Gasteiger partial charge in [0.15, 0.2) is 0 Å². The molecule has 2 aromatic rings. The van der Waals surface area contributed by atoms with Crippen molar-refractivity contribution in [3.63, 3.8) is 0 Å². The largest absolute Gasteiger partial charge is 0.463 e. The monoisotopic (exact) mass is 291 g/mol. The summed E-state index contributed by atoms with van der Waals surface area (Å²) in [4.78, 5) is 11.4. The number of halogens is 1. The number of carbonyl (C=O) groups excluding carboxylic acids is 1. The zero-order chi connectivity index (χ0) is 14.3. The predicted octanol–water partition coefficient (Wildman–Crippen LogP) is 3.07. The predicted molar refractivity (Wildman–Crippen MR) is 75.9 cm³/mol. The molecule has 4 nitrogen and oxygen atoms in total. The third-order valence-electron chi connectivity index (χ3n) is 3.44. The fourth-order valence-corrected chi connectivity index (χ4v) is 2.63. The van der Waals surface area contributed by atoms with Gasteiger partial charge < -0.3 is 14.8 Å². The molecule has 0 spiro atoms. The van der Waals surface area contributed by atoms with Crippen molar-refractivity contribution >= 4 is 23.2 Å². The van der Waals surface area contributed by atoms with E-state index in [0.717, 1.165) is 17.7 Å². The molecule has 1 unspecified atom stereocenters. The molecule has 0 saturated heterocycles. The molecule has 1 amide bonds. The Balaban J connectivity index is 1.97. The average Bonchev–Trinajstić information content (AvgIpc) is 3.02. The molecule has 20 heavy (non-hydrogen) atoms. The summed E-state index contributed by atoms with van der Waals surface area (Å²) < 4.78 is 5.55. The molecule has 1 aromatic carbocycles. The van der Waals surface area contributed by atoms with Crippen molar-refractivity contribution in [2.75, 3.05) is 5.32 Å². The van der Waals surface area contributed by atoms with Crippen LogP contribution in [0.2, 0.25) is 5.02 Å². The quantitative estimate of drug-likeness (QED) is 0.913. The van der Waals surface area contributed by atoms with Gasteiger partial charge in [-0.3, -0.25) is 4.79 Å². The molecule has 1 aliphatic rings. The number of nitrogens with one attached hydrogen (secondary N) is 1. The maximum Gasteiger partial charge on any atom is 0.228 e. The molecule has 104 valence electrons. The lowest BCUT2D eigenvalue weighted by atomic mass is 10.0. The van der Waals surface area contributed by atoms with Gasteiger partial charge in [0.05, 0.1) is 6.42 Å². The Bertz CT molecular complexity index is 678. The molecule has 0 fully saturated rings. The van der Waals surface area contributed by atoms with Crippen LogP contribution in [0.5, 0.6) is 0 Å². The normalized spacial score (nSPS) is 15.1. The minimum Gasteiger partial charge on any atom is -0.463 e. The first-order chi connectivity index (χ1) is 9.58. The van der Waals surface area contributed by atoms with Crippen LogP contribution in [0.3, 0.4) is 0 Å². The van der Waals surface area contributed by atoms with E-state index in [0.29, 0.717) is 28.5 Å². The van der Waals surface area contributed by atoms with Crippen molar-refractivity contribution < 1.29 is 14.3 Å². The number of hydrogen-bond donors (Lipinski definition) is 2. The van der Waals surface area contributed by atoms with E-state index in [-0.39, 0.29) is 5.91 Å². The summed E-state index contributed by atoms with van der Waals surface area (Å²) in [5.41, 5.74) is 2.11. The number of aliphatic hydroxyl groups is 1. The minimum absolute atomic E-state index is 0.0611. The highest BCUT2D eigenvalue weighted by molar-refractivity contribution is 6.32. The summed E-state index contributed by atoms with van der Waals surface area (Å²) in [5.74, 6) is 1.21. The van der Waals surface area contributed by atoms with Crippen molar-refractivity contribution in [2.45, 2.75) is 25.9 Å². The summed E-state index contributed by atoms with van der Waals surface area (Å²) >= 11 is 6.19. The molecular weight excluding hydrogens is 278 g/mol. The number of amides is 1. The Morgan fingerprint density at radius 1 is 1.45 bits per heavy atom. The number of anilines is 1. The number of fused-ring (bicyclic) bond motifs is 1. The van der Waals surface area contributed by atoms with E-state index in [4.69, 9.17) is 16.0 Å². The molecule has 5 heteroatoms. The second kappa shape index (κ2) is 4.96. The van der Waals surface area contributed by atoms with Crippen molar-refractivity contribution in [2.24, 2.45) is 0 Å². The van der Waals surface area contributed by atoms with Crippen LogP contribution in [0.15, 0.2) is 28.7 Å². The molecule has 3 rings (SSSR count). The van der Waals surface area contributed by atoms with Gasteiger partial charge in [0.2, 0.25) is 5.91 Å². The molecule has 1 atom stereocenters. The SMILES string of the molecule is CCc1ccc(C(O)c2cc3c(cc2Cl)NC(=O)C3)o1. The van der Waals surface area contributed by atoms with Gasteiger partial charge in [-0.1, -0.05) is 18.5 Å². The first kappa shape index (κ1) is 13.2. The van der Waals surface area contributed by atoms with E-state index in [9.17, 15) is 9.90 Å². The zero-order valence-electron chi connectivity index (χ0n) is 10.9. The van der Waals surface area contributed by atoms with Crippen molar-refractivity contribution in [1.29, 1.82) is 0 Å². The Morgan fingerprint density at radius 3 is 2.95 bits per heavy atom. The third-order valence-corrected chi connectivity index (χ3v) is 3.77. The number of furan rings is 1. The van der Waals surface area contributed by atoms with Gasteiger partial charge in [0, 0.05) is 22.7 Å². The smallest absolute Gasteiger partial charge is 0.228 e. The van der Waals surface area contributed by atoms with Gasteiger partial charge in [-0.2, -0.15) is 0 Å². The fraction of sp³-hybridized carbons (Fsp3) is 0.267. The van der Waals surface area contributed by atoms with E-state index in [2.05, 4.69) is 5.32 Å². The average molecular weight is 292 g/mol. The zero-order valence-corrected chi connectivity index (χ0v) is 11.7. The van der Waals surface area contributed by atoms with Crippen molar-refractivity contribution in [3.05, 3.63) is 51.9 Å². The van der Waals surface area contributed by atoms with E-state index < -0.39 is 6.10 Å². The first-order valence-electron chi connectivity index (χ1n) is 6.47. The molecule has 2 N–H and O–H groups in total. The lowest BCUT2D eigenvalue weighted by Gasteiger charge is -2.12. The highest BCUT2D eigenvalue weighted by atomic mass is 35.5. The van der Waals surface area contributed by atoms with E-state index in [1.165, 1.54) is 0 Å². The summed E-state index contributed by atoms with van der Waals surface area (Å²) in [7, 11) is 0. The van der Waals surface area contributed by atoms with Crippen molar-refractivity contribution in [3.8, 4) is 0 Å². The summed E-state index contributed by atoms with van der Waals surface area (Å²) in [5, 5.41) is 13.5. The molecule has 0 aliphatic carbocycles. The standard InChI is InChI=1S/C15H14ClNO3/c1-2-9-3-4-13(20-9)15(19)10-5-8-6-14(18)17-12(8)7-11(10)16/h3-5,7,15,19H,2,6H2,1H3,(H,17,18). The van der Waals surface area contributed by atoms with Crippen LogP contribution in [-0.4, -0.2) is 11.0 Å². The summed E-state index contributed by atoms with van der Waals surface area (Å²) in [6, 6.07) is 7.01.